The van der Waals surface area contributed by atoms with Gasteiger partial charge in [0.2, 0.25) is 0 Å². The van der Waals surface area contributed by atoms with Crippen molar-refractivity contribution in [2.24, 2.45) is 0 Å². The Hall–Kier alpha value is -0.650. The largest absolute Gasteiger partial charge is 0.425 e. The van der Waals surface area contributed by atoms with Crippen LogP contribution in [0.15, 0.2) is 18.5 Å². The van der Waals surface area contributed by atoms with E-state index in [0.717, 1.165) is 16.4 Å². The van der Waals surface area contributed by atoms with Crippen LogP contribution in [0, 0.1) is 3.57 Å². The standard InChI is InChI=1S/C23H38INO2/c1-2-3-4-5-6-7-8-9-10-11-12-13-14-15-16-17-23(26)27-22-18-19-25-20-21(22)24/h18-20H,2-17H2,1H3. The number of unbranched alkanes of at least 4 members (excludes halogenated alkanes) is 14. The highest BCUT2D eigenvalue weighted by Gasteiger charge is 2.07. The topological polar surface area (TPSA) is 39.2 Å². The van der Waals surface area contributed by atoms with Crippen LogP contribution in [-0.4, -0.2) is 11.0 Å². The van der Waals surface area contributed by atoms with E-state index in [2.05, 4.69) is 34.5 Å². The number of esters is 1. The van der Waals surface area contributed by atoms with Crippen molar-refractivity contribution >= 4 is 28.6 Å². The van der Waals surface area contributed by atoms with Crippen LogP contribution in [0.1, 0.15) is 110 Å². The first-order valence-electron chi connectivity index (χ1n) is 11.0. The van der Waals surface area contributed by atoms with E-state index in [0.29, 0.717) is 12.2 Å². The molecule has 1 aromatic heterocycles. The molecule has 0 N–H and O–H groups in total. The summed E-state index contributed by atoms with van der Waals surface area (Å²) in [7, 11) is 0. The second-order valence-corrected chi connectivity index (χ2v) is 8.64. The Morgan fingerprint density at radius 1 is 0.852 bits per heavy atom. The summed E-state index contributed by atoms with van der Waals surface area (Å²) in [5.74, 6) is 0.491. The number of carbonyl (C=O) groups is 1. The highest BCUT2D eigenvalue weighted by molar-refractivity contribution is 14.1. The Balaban J connectivity index is 1.82. The molecule has 1 rings (SSSR count). The summed E-state index contributed by atoms with van der Waals surface area (Å²) in [4.78, 5) is 15.9. The van der Waals surface area contributed by atoms with Gasteiger partial charge >= 0.3 is 5.97 Å². The molecule has 0 unspecified atom stereocenters. The number of aromatic nitrogens is 1. The van der Waals surface area contributed by atoms with Gasteiger partial charge in [-0.05, 0) is 29.0 Å². The number of rotatable bonds is 17. The third-order valence-corrected chi connectivity index (χ3v) is 5.75. The van der Waals surface area contributed by atoms with Gasteiger partial charge in [-0.1, -0.05) is 96.8 Å². The van der Waals surface area contributed by atoms with Gasteiger partial charge in [0, 0.05) is 24.9 Å². The van der Waals surface area contributed by atoms with Crippen LogP contribution in [-0.2, 0) is 4.79 Å². The van der Waals surface area contributed by atoms with Gasteiger partial charge in [0.05, 0.1) is 3.57 Å². The van der Waals surface area contributed by atoms with Gasteiger partial charge in [0.1, 0.15) is 5.75 Å². The van der Waals surface area contributed by atoms with Crippen LogP contribution >= 0.6 is 22.6 Å². The molecule has 0 fully saturated rings. The first-order chi connectivity index (χ1) is 13.2. The second-order valence-electron chi connectivity index (χ2n) is 7.48. The first kappa shape index (κ1) is 24.4. The van der Waals surface area contributed by atoms with Gasteiger partial charge in [-0.3, -0.25) is 9.78 Å². The average molecular weight is 487 g/mol. The minimum atomic E-state index is -0.131. The Morgan fingerprint density at radius 3 is 1.81 bits per heavy atom. The number of pyridine rings is 1. The van der Waals surface area contributed by atoms with Crippen LogP contribution in [0.4, 0.5) is 0 Å². The molecule has 0 aliphatic carbocycles. The maximum absolute atomic E-state index is 11.9. The van der Waals surface area contributed by atoms with E-state index in [-0.39, 0.29) is 5.97 Å². The van der Waals surface area contributed by atoms with Crippen LogP contribution in [0.3, 0.4) is 0 Å². The third kappa shape index (κ3) is 14.1. The van der Waals surface area contributed by atoms with E-state index in [1.165, 1.54) is 83.5 Å². The number of carbonyl (C=O) groups excluding carboxylic acids is 1. The lowest BCUT2D eigenvalue weighted by molar-refractivity contribution is -0.134. The van der Waals surface area contributed by atoms with E-state index in [1.807, 2.05) is 0 Å². The number of halogens is 1. The predicted molar refractivity (Wildman–Crippen MR) is 122 cm³/mol. The summed E-state index contributed by atoms with van der Waals surface area (Å²) in [5, 5.41) is 0. The Bertz CT molecular complexity index is 493. The first-order valence-corrected chi connectivity index (χ1v) is 12.1. The zero-order chi connectivity index (χ0) is 19.6. The van der Waals surface area contributed by atoms with Crippen LogP contribution in [0.2, 0.25) is 0 Å². The van der Waals surface area contributed by atoms with Crippen molar-refractivity contribution < 1.29 is 9.53 Å². The van der Waals surface area contributed by atoms with Gasteiger partial charge in [-0.15, -0.1) is 0 Å². The van der Waals surface area contributed by atoms with E-state index < -0.39 is 0 Å². The maximum Gasteiger partial charge on any atom is 0.311 e. The highest BCUT2D eigenvalue weighted by atomic mass is 127. The van der Waals surface area contributed by atoms with Crippen molar-refractivity contribution in [3.63, 3.8) is 0 Å². The minimum absolute atomic E-state index is 0.131. The van der Waals surface area contributed by atoms with Crippen molar-refractivity contribution in [1.82, 2.24) is 4.98 Å². The fourth-order valence-electron chi connectivity index (χ4n) is 3.26. The van der Waals surface area contributed by atoms with Crippen molar-refractivity contribution in [3.05, 3.63) is 22.0 Å². The third-order valence-electron chi connectivity index (χ3n) is 4.94. The van der Waals surface area contributed by atoms with Gasteiger partial charge in [0.25, 0.3) is 0 Å². The van der Waals surface area contributed by atoms with E-state index in [1.54, 1.807) is 18.5 Å². The monoisotopic (exact) mass is 487 g/mol. The molecule has 0 radical (unpaired) electrons. The number of hydrogen-bond donors (Lipinski definition) is 0. The molecule has 0 aliphatic heterocycles. The summed E-state index contributed by atoms with van der Waals surface area (Å²) >= 11 is 2.13. The molecule has 0 amide bonds. The Labute approximate surface area is 180 Å². The van der Waals surface area contributed by atoms with Gasteiger partial charge in [-0.25, -0.2) is 0 Å². The molecule has 154 valence electrons. The minimum Gasteiger partial charge on any atom is -0.425 e. The van der Waals surface area contributed by atoms with E-state index in [9.17, 15) is 4.79 Å². The van der Waals surface area contributed by atoms with E-state index >= 15 is 0 Å². The molecule has 3 nitrogen and oxygen atoms in total. The molecule has 0 saturated carbocycles. The molecule has 0 aromatic carbocycles. The van der Waals surface area contributed by atoms with Gasteiger partial charge < -0.3 is 4.74 Å². The lowest BCUT2D eigenvalue weighted by Gasteiger charge is -2.06. The molecule has 0 spiro atoms. The maximum atomic E-state index is 11.9. The quantitative estimate of drug-likeness (QED) is 0.128. The molecule has 0 bridgehead atoms. The molecular weight excluding hydrogens is 449 g/mol. The summed E-state index contributed by atoms with van der Waals surface area (Å²) in [6.07, 6.45) is 23.9. The van der Waals surface area contributed by atoms with Crippen LogP contribution in [0.5, 0.6) is 5.75 Å². The summed E-state index contributed by atoms with van der Waals surface area (Å²) in [6.45, 7) is 2.28. The molecule has 1 heterocycles. The second kappa shape index (κ2) is 17.4. The molecule has 0 saturated heterocycles. The molecule has 1 aromatic rings. The fraction of sp³-hybridized carbons (Fsp3) is 0.739. The lowest BCUT2D eigenvalue weighted by atomic mass is 10.0. The molecular formula is C23H38INO2. The highest BCUT2D eigenvalue weighted by Crippen LogP contribution is 2.19. The van der Waals surface area contributed by atoms with E-state index in [4.69, 9.17) is 4.74 Å². The Morgan fingerprint density at radius 2 is 1.33 bits per heavy atom. The summed E-state index contributed by atoms with van der Waals surface area (Å²) in [5.41, 5.74) is 0. The zero-order valence-corrected chi connectivity index (χ0v) is 19.3. The number of nitrogens with zero attached hydrogens (tertiary/aromatic N) is 1. The lowest BCUT2D eigenvalue weighted by Crippen LogP contribution is -2.08. The van der Waals surface area contributed by atoms with Crippen LogP contribution in [0.25, 0.3) is 0 Å². The smallest absolute Gasteiger partial charge is 0.311 e. The SMILES string of the molecule is CCCCCCCCCCCCCCCCCC(=O)Oc1ccncc1I. The van der Waals surface area contributed by atoms with Gasteiger partial charge in [0.15, 0.2) is 0 Å². The van der Waals surface area contributed by atoms with Crippen molar-refractivity contribution in [3.8, 4) is 5.75 Å². The van der Waals surface area contributed by atoms with Gasteiger partial charge in [-0.2, -0.15) is 0 Å². The predicted octanol–water partition coefficient (Wildman–Crippen LogP) is 7.85. The van der Waals surface area contributed by atoms with Crippen molar-refractivity contribution in [2.75, 3.05) is 0 Å². The zero-order valence-electron chi connectivity index (χ0n) is 17.2. The number of hydrogen-bond acceptors (Lipinski definition) is 3. The normalized spacial score (nSPS) is 10.9. The van der Waals surface area contributed by atoms with Crippen molar-refractivity contribution in [1.29, 1.82) is 0 Å². The van der Waals surface area contributed by atoms with Crippen LogP contribution < -0.4 is 4.74 Å². The molecule has 27 heavy (non-hydrogen) atoms. The fourth-order valence-corrected chi connectivity index (χ4v) is 3.71. The molecule has 0 aliphatic rings. The average Bonchev–Trinajstić information content (AvgIpc) is 2.66. The summed E-state index contributed by atoms with van der Waals surface area (Å²) < 4.78 is 6.25. The number of ether oxygens (including phenoxy) is 1. The molecule has 4 heteroatoms. The van der Waals surface area contributed by atoms with Crippen molar-refractivity contribution in [2.45, 2.75) is 110 Å². The Kier molecular flexibility index (Phi) is 15.8. The molecule has 0 atom stereocenters. The summed E-state index contributed by atoms with van der Waals surface area (Å²) in [6, 6.07) is 1.74.